The number of β-amino-alcohol motifs (C(OH)–C–C–N with tert-alkyl or cyclic N) is 1. The van der Waals surface area contributed by atoms with E-state index < -0.39 is 6.10 Å². The van der Waals surface area contributed by atoms with E-state index in [4.69, 9.17) is 9.47 Å². The number of hydrogen-bond donors (Lipinski definition) is 1. The predicted octanol–water partition coefficient (Wildman–Crippen LogP) is 2.71. The highest BCUT2D eigenvalue weighted by molar-refractivity contribution is 5.39. The first-order chi connectivity index (χ1) is 11.3. The molecule has 2 aromatic rings. The topological polar surface area (TPSA) is 41.9 Å². The number of ether oxygens (including phenoxy) is 2. The summed E-state index contributed by atoms with van der Waals surface area (Å²) in [5.41, 5.74) is 1.25. The zero-order valence-electron chi connectivity index (χ0n) is 13.4. The summed E-state index contributed by atoms with van der Waals surface area (Å²) in [7, 11) is 0. The molecule has 0 saturated carbocycles. The Labute approximate surface area is 137 Å². The van der Waals surface area contributed by atoms with Crippen LogP contribution in [-0.2, 0) is 6.54 Å². The molecule has 23 heavy (non-hydrogen) atoms. The molecule has 0 spiro atoms. The molecular weight excluding hydrogens is 290 g/mol. The lowest BCUT2D eigenvalue weighted by atomic mass is 10.2. The lowest BCUT2D eigenvalue weighted by Gasteiger charge is -2.19. The third kappa shape index (κ3) is 4.03. The van der Waals surface area contributed by atoms with Gasteiger partial charge in [0.25, 0.3) is 0 Å². The largest absolute Gasteiger partial charge is 0.490 e. The van der Waals surface area contributed by atoms with E-state index in [1.54, 1.807) is 0 Å². The first-order valence-corrected chi connectivity index (χ1v) is 8.09. The molecule has 3 rings (SSSR count). The van der Waals surface area contributed by atoms with Gasteiger partial charge in [0.05, 0.1) is 6.61 Å². The lowest BCUT2D eigenvalue weighted by Crippen LogP contribution is -2.30. The van der Waals surface area contributed by atoms with Crippen molar-refractivity contribution in [1.82, 2.24) is 4.90 Å². The molecule has 1 aliphatic rings. The van der Waals surface area contributed by atoms with Crippen molar-refractivity contribution in [2.24, 2.45) is 0 Å². The molecule has 2 aromatic carbocycles. The Morgan fingerprint density at radius 2 is 1.70 bits per heavy atom. The van der Waals surface area contributed by atoms with Gasteiger partial charge in [0.1, 0.15) is 12.2 Å². The summed E-state index contributed by atoms with van der Waals surface area (Å²) in [6.07, 6.45) is -0.728. The highest BCUT2D eigenvalue weighted by Gasteiger charge is 2.33. The van der Waals surface area contributed by atoms with E-state index >= 15 is 0 Å². The molecule has 1 heterocycles. The number of likely N-dealkylation sites (tertiary alicyclic amines) is 1. The minimum atomic E-state index is -0.492. The molecule has 0 radical (unpaired) electrons. The standard InChI is InChI=1S/C19H23NO3/c1-2-22-17-10-6-7-11-18(17)23-19-14-20(13-16(19)21)12-15-8-4-3-5-9-15/h3-11,16,19,21H,2,12-14H2,1H3/t16-,19-/m0/s1. The minimum Gasteiger partial charge on any atom is -0.490 e. The molecule has 4 heteroatoms. The normalized spacial score (nSPS) is 21.3. The smallest absolute Gasteiger partial charge is 0.161 e. The number of hydrogen-bond acceptors (Lipinski definition) is 4. The Morgan fingerprint density at radius 1 is 1.00 bits per heavy atom. The van der Waals surface area contributed by atoms with Crippen molar-refractivity contribution in [1.29, 1.82) is 0 Å². The maximum Gasteiger partial charge on any atom is 0.161 e. The van der Waals surface area contributed by atoms with Crippen LogP contribution in [0.1, 0.15) is 12.5 Å². The van der Waals surface area contributed by atoms with Crippen LogP contribution in [0, 0.1) is 0 Å². The van der Waals surface area contributed by atoms with Gasteiger partial charge in [0.2, 0.25) is 0 Å². The fraction of sp³-hybridized carbons (Fsp3) is 0.368. The van der Waals surface area contributed by atoms with Crippen LogP contribution in [0.15, 0.2) is 54.6 Å². The summed E-state index contributed by atoms with van der Waals surface area (Å²) in [6.45, 7) is 4.69. The first kappa shape index (κ1) is 15.8. The molecule has 1 saturated heterocycles. The van der Waals surface area contributed by atoms with E-state index in [2.05, 4.69) is 17.0 Å². The monoisotopic (exact) mass is 313 g/mol. The summed E-state index contributed by atoms with van der Waals surface area (Å²) in [5.74, 6) is 1.42. The second-order valence-corrected chi connectivity index (χ2v) is 5.78. The van der Waals surface area contributed by atoms with E-state index in [9.17, 15) is 5.11 Å². The van der Waals surface area contributed by atoms with Gasteiger partial charge < -0.3 is 14.6 Å². The number of rotatable bonds is 6. The number of aliphatic hydroxyl groups excluding tert-OH is 1. The molecule has 0 unspecified atom stereocenters. The Morgan fingerprint density at radius 3 is 2.43 bits per heavy atom. The zero-order valence-corrected chi connectivity index (χ0v) is 13.4. The van der Waals surface area contributed by atoms with Crippen LogP contribution in [-0.4, -0.2) is 41.9 Å². The van der Waals surface area contributed by atoms with Crippen LogP contribution in [0.2, 0.25) is 0 Å². The van der Waals surface area contributed by atoms with Crippen LogP contribution in [0.5, 0.6) is 11.5 Å². The second-order valence-electron chi connectivity index (χ2n) is 5.78. The van der Waals surface area contributed by atoms with Crippen LogP contribution in [0.3, 0.4) is 0 Å². The maximum absolute atomic E-state index is 10.3. The van der Waals surface area contributed by atoms with Gasteiger partial charge >= 0.3 is 0 Å². The van der Waals surface area contributed by atoms with Gasteiger partial charge in [0.15, 0.2) is 11.5 Å². The molecule has 4 nitrogen and oxygen atoms in total. The Bertz CT molecular complexity index is 617. The SMILES string of the molecule is CCOc1ccccc1O[C@H]1CN(Cc2ccccc2)C[C@@H]1O. The molecule has 0 aliphatic carbocycles. The van der Waals surface area contributed by atoms with Gasteiger partial charge in [-0.25, -0.2) is 0 Å². The number of nitrogens with zero attached hydrogens (tertiary/aromatic N) is 1. The lowest BCUT2D eigenvalue weighted by molar-refractivity contribution is 0.0713. The number of aliphatic hydroxyl groups is 1. The van der Waals surface area contributed by atoms with Gasteiger partial charge in [-0.05, 0) is 24.6 Å². The van der Waals surface area contributed by atoms with Crippen LogP contribution < -0.4 is 9.47 Å². The molecule has 1 N–H and O–H groups in total. The third-order valence-electron chi connectivity index (χ3n) is 3.99. The predicted molar refractivity (Wildman–Crippen MR) is 89.8 cm³/mol. The van der Waals surface area contributed by atoms with Gasteiger partial charge in [-0.15, -0.1) is 0 Å². The highest BCUT2D eigenvalue weighted by Crippen LogP contribution is 2.29. The maximum atomic E-state index is 10.3. The molecule has 0 amide bonds. The van der Waals surface area contributed by atoms with E-state index in [-0.39, 0.29) is 6.10 Å². The van der Waals surface area contributed by atoms with Gasteiger partial charge in [-0.1, -0.05) is 42.5 Å². The van der Waals surface area contributed by atoms with E-state index in [1.165, 1.54) is 5.56 Å². The minimum absolute atomic E-state index is 0.236. The van der Waals surface area contributed by atoms with E-state index in [0.29, 0.717) is 25.4 Å². The summed E-state index contributed by atoms with van der Waals surface area (Å²) in [6, 6.07) is 17.9. The molecule has 0 bridgehead atoms. The summed E-state index contributed by atoms with van der Waals surface area (Å²) in [4.78, 5) is 2.22. The van der Waals surface area contributed by atoms with Crippen LogP contribution in [0.4, 0.5) is 0 Å². The van der Waals surface area contributed by atoms with E-state index in [0.717, 1.165) is 12.3 Å². The molecule has 2 atom stereocenters. The van der Waals surface area contributed by atoms with Gasteiger partial charge in [-0.3, -0.25) is 4.90 Å². The summed E-state index contributed by atoms with van der Waals surface area (Å²) in [5, 5.41) is 10.3. The van der Waals surface area contributed by atoms with Crippen molar-refractivity contribution < 1.29 is 14.6 Å². The Kier molecular flexibility index (Phi) is 5.16. The fourth-order valence-electron chi connectivity index (χ4n) is 2.90. The number of para-hydroxylation sites is 2. The zero-order chi connectivity index (χ0) is 16.1. The van der Waals surface area contributed by atoms with Gasteiger partial charge in [0, 0.05) is 19.6 Å². The van der Waals surface area contributed by atoms with Crippen molar-refractivity contribution >= 4 is 0 Å². The molecule has 122 valence electrons. The summed E-state index contributed by atoms with van der Waals surface area (Å²) < 4.78 is 11.6. The average molecular weight is 313 g/mol. The molecule has 0 aromatic heterocycles. The molecule has 1 fully saturated rings. The average Bonchev–Trinajstić information content (AvgIpc) is 2.90. The summed E-state index contributed by atoms with van der Waals surface area (Å²) >= 11 is 0. The third-order valence-corrected chi connectivity index (χ3v) is 3.99. The fourth-order valence-corrected chi connectivity index (χ4v) is 2.90. The van der Waals surface area contributed by atoms with Crippen LogP contribution >= 0.6 is 0 Å². The molecular formula is C19H23NO3. The van der Waals surface area contributed by atoms with Gasteiger partial charge in [-0.2, -0.15) is 0 Å². The Hall–Kier alpha value is -2.04. The van der Waals surface area contributed by atoms with E-state index in [1.807, 2.05) is 49.4 Å². The van der Waals surface area contributed by atoms with Crippen molar-refractivity contribution in [3.8, 4) is 11.5 Å². The Balaban J connectivity index is 1.63. The second kappa shape index (κ2) is 7.49. The highest BCUT2D eigenvalue weighted by atomic mass is 16.5. The van der Waals surface area contributed by atoms with Crippen molar-refractivity contribution in [2.45, 2.75) is 25.7 Å². The van der Waals surface area contributed by atoms with Crippen LogP contribution in [0.25, 0.3) is 0 Å². The quantitative estimate of drug-likeness (QED) is 0.890. The molecule has 1 aliphatic heterocycles. The van der Waals surface area contributed by atoms with Crippen molar-refractivity contribution in [2.75, 3.05) is 19.7 Å². The van der Waals surface area contributed by atoms with Crippen molar-refractivity contribution in [3.63, 3.8) is 0 Å². The number of benzene rings is 2. The first-order valence-electron chi connectivity index (χ1n) is 8.09. The van der Waals surface area contributed by atoms with Crippen molar-refractivity contribution in [3.05, 3.63) is 60.2 Å².